The molecule has 2 heterocycles. The molecule has 1 saturated carbocycles. The summed E-state index contributed by atoms with van der Waals surface area (Å²) in [6.07, 6.45) is 10.4. The number of carbonyl (C=O) groups is 1. The molecule has 3 aliphatic rings. The van der Waals surface area contributed by atoms with Gasteiger partial charge in [-0.1, -0.05) is 12.8 Å². The second-order valence-electron chi connectivity index (χ2n) is 6.60. The van der Waals surface area contributed by atoms with Crippen LogP contribution in [0.5, 0.6) is 0 Å². The van der Waals surface area contributed by atoms with E-state index in [9.17, 15) is 4.79 Å². The quantitative estimate of drug-likeness (QED) is 0.869. The van der Waals surface area contributed by atoms with Crippen LogP contribution in [0.2, 0.25) is 0 Å². The van der Waals surface area contributed by atoms with E-state index in [1.165, 1.54) is 51.4 Å². The Bertz CT molecular complexity index is 328. The van der Waals surface area contributed by atoms with Crippen molar-refractivity contribution in [3.63, 3.8) is 0 Å². The number of hydrogen-bond acceptors (Lipinski definition) is 3. The molecule has 3 nitrogen and oxygen atoms in total. The van der Waals surface area contributed by atoms with Gasteiger partial charge in [-0.15, -0.1) is 11.8 Å². The Morgan fingerprint density at radius 2 is 1.80 bits per heavy atom. The molecule has 114 valence electrons. The molecule has 4 heteroatoms. The SMILES string of the molecule is O=C(CSC1CCNCC1)N1CCC[C@H]2CCCC[C@H]21. The van der Waals surface area contributed by atoms with E-state index in [4.69, 9.17) is 0 Å². The van der Waals surface area contributed by atoms with Crippen LogP contribution in [0.4, 0.5) is 0 Å². The van der Waals surface area contributed by atoms with Gasteiger partial charge in [0.2, 0.25) is 5.91 Å². The molecule has 3 rings (SSSR count). The molecule has 1 amide bonds. The molecular formula is C16H28N2OS. The number of nitrogens with zero attached hydrogens (tertiary/aromatic N) is 1. The molecular weight excluding hydrogens is 268 g/mol. The van der Waals surface area contributed by atoms with Gasteiger partial charge in [-0.2, -0.15) is 0 Å². The van der Waals surface area contributed by atoms with Crippen molar-refractivity contribution < 1.29 is 4.79 Å². The molecule has 2 saturated heterocycles. The van der Waals surface area contributed by atoms with Gasteiger partial charge in [0.1, 0.15) is 0 Å². The highest BCUT2D eigenvalue weighted by molar-refractivity contribution is 8.00. The zero-order valence-corrected chi connectivity index (χ0v) is 13.3. The lowest BCUT2D eigenvalue weighted by molar-refractivity contribution is -0.134. The van der Waals surface area contributed by atoms with Crippen LogP contribution >= 0.6 is 11.8 Å². The molecule has 0 aromatic rings. The average molecular weight is 296 g/mol. The summed E-state index contributed by atoms with van der Waals surface area (Å²) >= 11 is 1.91. The summed E-state index contributed by atoms with van der Waals surface area (Å²) in [6, 6.07) is 0.582. The Morgan fingerprint density at radius 3 is 2.65 bits per heavy atom. The number of hydrogen-bond donors (Lipinski definition) is 1. The first-order valence-electron chi connectivity index (χ1n) is 8.46. The summed E-state index contributed by atoms with van der Waals surface area (Å²) in [5.74, 6) is 1.95. The largest absolute Gasteiger partial charge is 0.339 e. The number of rotatable bonds is 3. The maximum atomic E-state index is 12.6. The van der Waals surface area contributed by atoms with E-state index in [0.29, 0.717) is 23.0 Å². The minimum atomic E-state index is 0.421. The van der Waals surface area contributed by atoms with E-state index in [1.54, 1.807) is 0 Å². The lowest BCUT2D eigenvalue weighted by Gasteiger charge is -2.44. The first-order chi connectivity index (χ1) is 9.84. The molecule has 20 heavy (non-hydrogen) atoms. The molecule has 0 radical (unpaired) electrons. The predicted molar refractivity (Wildman–Crippen MR) is 85.0 cm³/mol. The Morgan fingerprint density at radius 1 is 1.05 bits per heavy atom. The zero-order valence-electron chi connectivity index (χ0n) is 12.5. The van der Waals surface area contributed by atoms with E-state index in [-0.39, 0.29) is 0 Å². The van der Waals surface area contributed by atoms with Crippen molar-refractivity contribution in [3.8, 4) is 0 Å². The minimum Gasteiger partial charge on any atom is -0.339 e. The van der Waals surface area contributed by atoms with E-state index in [0.717, 1.165) is 25.6 Å². The number of carbonyl (C=O) groups excluding carboxylic acids is 1. The molecule has 2 atom stereocenters. The normalized spacial score (nSPS) is 31.9. The Kier molecular flexibility index (Phi) is 5.27. The molecule has 0 unspecified atom stereocenters. The van der Waals surface area contributed by atoms with Crippen molar-refractivity contribution in [2.45, 2.75) is 62.7 Å². The van der Waals surface area contributed by atoms with Gasteiger partial charge >= 0.3 is 0 Å². The van der Waals surface area contributed by atoms with Crippen molar-refractivity contribution >= 4 is 17.7 Å². The second kappa shape index (κ2) is 7.17. The van der Waals surface area contributed by atoms with Crippen LogP contribution < -0.4 is 5.32 Å². The van der Waals surface area contributed by atoms with Crippen molar-refractivity contribution in [2.24, 2.45) is 5.92 Å². The van der Waals surface area contributed by atoms with Gasteiger partial charge in [-0.3, -0.25) is 4.79 Å². The topological polar surface area (TPSA) is 32.3 Å². The lowest BCUT2D eigenvalue weighted by Crippen LogP contribution is -2.50. The summed E-state index contributed by atoms with van der Waals surface area (Å²) in [5, 5.41) is 4.10. The highest BCUT2D eigenvalue weighted by Crippen LogP contribution is 2.35. The monoisotopic (exact) mass is 296 g/mol. The smallest absolute Gasteiger partial charge is 0.232 e. The number of amides is 1. The molecule has 0 bridgehead atoms. The van der Waals surface area contributed by atoms with Crippen LogP contribution in [0.1, 0.15) is 51.4 Å². The maximum Gasteiger partial charge on any atom is 0.232 e. The van der Waals surface area contributed by atoms with Crippen molar-refractivity contribution in [3.05, 3.63) is 0 Å². The van der Waals surface area contributed by atoms with Crippen molar-refractivity contribution in [1.82, 2.24) is 10.2 Å². The second-order valence-corrected chi connectivity index (χ2v) is 7.89. The predicted octanol–water partition coefficient (Wildman–Crippen LogP) is 2.65. The number of fused-ring (bicyclic) bond motifs is 1. The van der Waals surface area contributed by atoms with E-state index in [1.807, 2.05) is 11.8 Å². The van der Waals surface area contributed by atoms with Crippen molar-refractivity contribution in [2.75, 3.05) is 25.4 Å². The molecule has 2 aliphatic heterocycles. The third kappa shape index (κ3) is 3.51. The van der Waals surface area contributed by atoms with Gasteiger partial charge in [-0.05, 0) is 57.5 Å². The highest BCUT2D eigenvalue weighted by Gasteiger charge is 2.35. The van der Waals surface area contributed by atoms with Crippen LogP contribution in [0.3, 0.4) is 0 Å². The summed E-state index contributed by atoms with van der Waals surface area (Å²) < 4.78 is 0. The molecule has 0 aromatic carbocycles. The Hall–Kier alpha value is -0.220. The molecule has 1 aliphatic carbocycles. The lowest BCUT2D eigenvalue weighted by atomic mass is 9.78. The molecule has 3 fully saturated rings. The highest BCUT2D eigenvalue weighted by atomic mass is 32.2. The summed E-state index contributed by atoms with van der Waals surface area (Å²) in [5.41, 5.74) is 0. The van der Waals surface area contributed by atoms with Gasteiger partial charge < -0.3 is 10.2 Å². The number of piperidine rings is 2. The van der Waals surface area contributed by atoms with Crippen LogP contribution in [-0.2, 0) is 4.79 Å². The van der Waals surface area contributed by atoms with Gasteiger partial charge in [0.15, 0.2) is 0 Å². The van der Waals surface area contributed by atoms with E-state index in [2.05, 4.69) is 10.2 Å². The molecule has 1 N–H and O–H groups in total. The maximum absolute atomic E-state index is 12.6. The fourth-order valence-corrected chi connectivity index (χ4v) is 5.28. The summed E-state index contributed by atoms with van der Waals surface area (Å²) in [4.78, 5) is 14.8. The van der Waals surface area contributed by atoms with Gasteiger partial charge in [0.05, 0.1) is 5.75 Å². The average Bonchev–Trinajstić information content (AvgIpc) is 2.53. The van der Waals surface area contributed by atoms with Crippen LogP contribution in [0.15, 0.2) is 0 Å². The third-order valence-electron chi connectivity index (χ3n) is 5.29. The first-order valence-corrected chi connectivity index (χ1v) is 9.51. The number of likely N-dealkylation sites (tertiary alicyclic amines) is 1. The van der Waals surface area contributed by atoms with Crippen LogP contribution in [0, 0.1) is 5.92 Å². The number of thioether (sulfide) groups is 1. The fourth-order valence-electron chi connectivity index (χ4n) is 4.17. The summed E-state index contributed by atoms with van der Waals surface area (Å²) in [7, 11) is 0. The summed E-state index contributed by atoms with van der Waals surface area (Å²) in [6.45, 7) is 3.27. The van der Waals surface area contributed by atoms with Gasteiger partial charge in [-0.25, -0.2) is 0 Å². The van der Waals surface area contributed by atoms with E-state index < -0.39 is 0 Å². The van der Waals surface area contributed by atoms with Crippen LogP contribution in [0.25, 0.3) is 0 Å². The van der Waals surface area contributed by atoms with Crippen molar-refractivity contribution in [1.29, 1.82) is 0 Å². The molecule has 0 spiro atoms. The number of nitrogens with one attached hydrogen (secondary N) is 1. The zero-order chi connectivity index (χ0) is 13.8. The standard InChI is InChI=1S/C16H28N2OS/c19-16(12-20-14-7-9-17-10-8-14)18-11-3-5-13-4-1-2-6-15(13)18/h13-15,17H,1-12H2/t13-,15-/m1/s1. The Balaban J connectivity index is 1.50. The van der Waals surface area contributed by atoms with Gasteiger partial charge in [0.25, 0.3) is 0 Å². The van der Waals surface area contributed by atoms with Crippen LogP contribution in [-0.4, -0.2) is 47.5 Å². The minimum absolute atomic E-state index is 0.421. The fraction of sp³-hybridized carbons (Fsp3) is 0.938. The Labute approximate surface area is 127 Å². The molecule has 0 aromatic heterocycles. The van der Waals surface area contributed by atoms with E-state index >= 15 is 0 Å². The third-order valence-corrected chi connectivity index (χ3v) is 6.65. The van der Waals surface area contributed by atoms with Gasteiger partial charge in [0, 0.05) is 17.8 Å². The first kappa shape index (κ1) is 14.7.